The fourth-order valence-electron chi connectivity index (χ4n) is 5.11. The van der Waals surface area contributed by atoms with Gasteiger partial charge in [0, 0.05) is 27.8 Å². The first-order valence-corrected chi connectivity index (χ1v) is 12.3. The van der Waals surface area contributed by atoms with E-state index in [0.717, 1.165) is 42.5 Å². The van der Waals surface area contributed by atoms with Gasteiger partial charge in [-0.2, -0.15) is 26.3 Å². The minimum atomic E-state index is -5.31. The van der Waals surface area contributed by atoms with Crippen LogP contribution in [0.3, 0.4) is 0 Å². The smallest absolute Gasteiger partial charge is 0.424 e. The van der Waals surface area contributed by atoms with Crippen molar-refractivity contribution >= 4 is 23.1 Å². The van der Waals surface area contributed by atoms with Crippen molar-refractivity contribution in [3.8, 4) is 22.4 Å². The Labute approximate surface area is 232 Å². The van der Waals surface area contributed by atoms with Crippen molar-refractivity contribution in [3.05, 3.63) is 87.6 Å². The maximum Gasteiger partial charge on any atom is 0.424 e. The van der Waals surface area contributed by atoms with E-state index in [4.69, 9.17) is 0 Å². The molecule has 218 valence electrons. The average Bonchev–Trinajstić information content (AvgIpc) is 3.33. The van der Waals surface area contributed by atoms with Gasteiger partial charge < -0.3 is 9.47 Å². The molecule has 0 bridgehead atoms. The standard InChI is InChI=1S/C29H17F8NO4/c1-3-41-26(39)22(28(32,33)34)20-17-10-13(31)6-8-15(17)24-19(20)11-18-14-7-5-12(30)9-16(14)21(25(18)38-24)23(29(35,36)37)27(40)42-4-2/h5-11H,3-4H2,1-2H3/b22-20?,23-21-. The second kappa shape index (κ2) is 10.1. The molecule has 13 heteroatoms. The van der Waals surface area contributed by atoms with E-state index in [9.17, 15) is 44.7 Å². The highest BCUT2D eigenvalue weighted by Crippen LogP contribution is 2.54. The van der Waals surface area contributed by atoms with E-state index in [1.165, 1.54) is 13.8 Å². The summed E-state index contributed by atoms with van der Waals surface area (Å²) in [5.74, 6) is -5.44. The third-order valence-electron chi connectivity index (χ3n) is 6.60. The minimum absolute atomic E-state index is 0.0751. The Balaban J connectivity index is 1.95. The Morgan fingerprint density at radius 1 is 0.619 bits per heavy atom. The average molecular weight is 595 g/mol. The highest BCUT2D eigenvalue weighted by Gasteiger charge is 2.48. The Kier molecular flexibility index (Phi) is 6.94. The molecule has 1 aromatic heterocycles. The van der Waals surface area contributed by atoms with Gasteiger partial charge in [-0.05, 0) is 66.9 Å². The molecule has 0 radical (unpaired) electrons. The van der Waals surface area contributed by atoms with Crippen LogP contribution < -0.4 is 0 Å². The van der Waals surface area contributed by atoms with Gasteiger partial charge in [0.25, 0.3) is 0 Å². The number of ether oxygens (including phenoxy) is 2. The molecule has 2 aliphatic carbocycles. The maximum atomic E-state index is 14.4. The summed E-state index contributed by atoms with van der Waals surface area (Å²) in [7, 11) is 0. The molecule has 5 nitrogen and oxygen atoms in total. The highest BCUT2D eigenvalue weighted by atomic mass is 19.4. The van der Waals surface area contributed by atoms with Crippen molar-refractivity contribution in [3.63, 3.8) is 0 Å². The number of rotatable bonds is 4. The molecule has 3 aromatic rings. The van der Waals surface area contributed by atoms with Crippen LogP contribution in [-0.4, -0.2) is 42.5 Å². The van der Waals surface area contributed by atoms with E-state index < -0.39 is 88.3 Å². The van der Waals surface area contributed by atoms with Crippen LogP contribution in [0.15, 0.2) is 53.6 Å². The van der Waals surface area contributed by atoms with Gasteiger partial charge in [0.1, 0.15) is 17.2 Å². The van der Waals surface area contributed by atoms with Gasteiger partial charge in [0.2, 0.25) is 0 Å². The fourth-order valence-corrected chi connectivity index (χ4v) is 5.11. The molecule has 2 aromatic carbocycles. The number of carbonyl (C=O) groups is 2. The molecule has 0 N–H and O–H groups in total. The van der Waals surface area contributed by atoms with Gasteiger partial charge in [-0.15, -0.1) is 0 Å². The molecular weight excluding hydrogens is 578 g/mol. The molecule has 0 unspecified atom stereocenters. The normalized spacial score (nSPS) is 15.9. The van der Waals surface area contributed by atoms with Gasteiger partial charge in [-0.3, -0.25) is 0 Å². The van der Waals surface area contributed by atoms with Crippen molar-refractivity contribution in [1.29, 1.82) is 0 Å². The lowest BCUT2D eigenvalue weighted by Gasteiger charge is -2.16. The first-order valence-electron chi connectivity index (χ1n) is 12.3. The van der Waals surface area contributed by atoms with E-state index in [0.29, 0.717) is 0 Å². The summed E-state index contributed by atoms with van der Waals surface area (Å²) < 4.78 is 124. The largest absolute Gasteiger partial charge is 0.462 e. The topological polar surface area (TPSA) is 65.5 Å². The second-order valence-corrected chi connectivity index (χ2v) is 9.10. The number of fused-ring (bicyclic) bond motifs is 6. The second-order valence-electron chi connectivity index (χ2n) is 9.10. The summed E-state index contributed by atoms with van der Waals surface area (Å²) in [6.07, 6.45) is -10.6. The van der Waals surface area contributed by atoms with Crippen LogP contribution in [0.2, 0.25) is 0 Å². The Bertz CT molecular complexity index is 1610. The van der Waals surface area contributed by atoms with Crippen LogP contribution in [-0.2, 0) is 19.1 Å². The maximum absolute atomic E-state index is 14.4. The van der Waals surface area contributed by atoms with Crippen LogP contribution in [0.5, 0.6) is 0 Å². The summed E-state index contributed by atoms with van der Waals surface area (Å²) in [5, 5.41) is 0. The zero-order valence-corrected chi connectivity index (χ0v) is 21.6. The van der Waals surface area contributed by atoms with Crippen LogP contribution in [0, 0.1) is 11.6 Å². The molecule has 0 atom stereocenters. The number of aromatic nitrogens is 1. The van der Waals surface area contributed by atoms with Gasteiger partial charge in [-0.1, -0.05) is 6.07 Å². The van der Waals surface area contributed by atoms with Crippen molar-refractivity contribution in [1.82, 2.24) is 4.98 Å². The van der Waals surface area contributed by atoms with Gasteiger partial charge in [0.15, 0.2) is 5.57 Å². The highest BCUT2D eigenvalue weighted by molar-refractivity contribution is 6.14. The number of carbonyl (C=O) groups excluding carboxylic acids is 2. The number of hydrogen-bond acceptors (Lipinski definition) is 5. The summed E-state index contributed by atoms with van der Waals surface area (Å²) >= 11 is 0. The fraction of sp³-hybridized carbons (Fsp3) is 0.207. The lowest BCUT2D eigenvalue weighted by molar-refractivity contribution is -0.151. The third-order valence-corrected chi connectivity index (χ3v) is 6.60. The number of halogens is 8. The molecule has 0 saturated carbocycles. The van der Waals surface area contributed by atoms with E-state index >= 15 is 0 Å². The zero-order chi connectivity index (χ0) is 30.7. The Morgan fingerprint density at radius 2 is 1.10 bits per heavy atom. The monoisotopic (exact) mass is 595 g/mol. The molecule has 0 fully saturated rings. The zero-order valence-electron chi connectivity index (χ0n) is 21.6. The first kappa shape index (κ1) is 29.0. The molecule has 0 aliphatic heterocycles. The van der Waals surface area contributed by atoms with E-state index in [2.05, 4.69) is 14.5 Å². The Morgan fingerprint density at radius 3 is 1.60 bits per heavy atom. The van der Waals surface area contributed by atoms with Gasteiger partial charge >= 0.3 is 24.3 Å². The van der Waals surface area contributed by atoms with Crippen molar-refractivity contribution in [2.24, 2.45) is 0 Å². The third kappa shape index (κ3) is 4.62. The Hall–Kier alpha value is -4.55. The number of hydrogen-bond donors (Lipinski definition) is 0. The summed E-state index contributed by atoms with van der Waals surface area (Å²) in [6.45, 7) is 1.72. The van der Waals surface area contributed by atoms with E-state index in [-0.39, 0.29) is 27.9 Å². The predicted molar refractivity (Wildman–Crippen MR) is 132 cm³/mol. The van der Waals surface area contributed by atoms with Crippen molar-refractivity contribution in [2.45, 2.75) is 26.2 Å². The van der Waals surface area contributed by atoms with Crippen molar-refractivity contribution in [2.75, 3.05) is 13.2 Å². The molecule has 0 spiro atoms. The number of alkyl halides is 6. The van der Waals surface area contributed by atoms with Crippen LogP contribution in [0.1, 0.15) is 36.2 Å². The quantitative estimate of drug-likeness (QED) is 0.125. The minimum Gasteiger partial charge on any atom is -0.462 e. The number of esters is 2. The van der Waals surface area contributed by atoms with Crippen LogP contribution in [0.4, 0.5) is 35.1 Å². The van der Waals surface area contributed by atoms with E-state index in [1.54, 1.807) is 0 Å². The number of nitrogens with zero attached hydrogens (tertiary/aromatic N) is 1. The van der Waals surface area contributed by atoms with Gasteiger partial charge in [0.05, 0.1) is 24.6 Å². The molecular formula is C29H17F8NO4. The molecule has 0 amide bonds. The molecule has 0 saturated heterocycles. The summed E-state index contributed by atoms with van der Waals surface area (Å²) in [6, 6.07) is 6.50. The summed E-state index contributed by atoms with van der Waals surface area (Å²) in [4.78, 5) is 29.5. The molecule has 2 aliphatic rings. The van der Waals surface area contributed by atoms with Crippen LogP contribution >= 0.6 is 0 Å². The molecule has 5 rings (SSSR count). The van der Waals surface area contributed by atoms with E-state index in [1.807, 2.05) is 0 Å². The van der Waals surface area contributed by atoms with Crippen LogP contribution in [0.25, 0.3) is 33.5 Å². The SMILES string of the molecule is CCOC(=O)C(=C1c2cc(F)ccc2-c2nc3c(cc21)-c1ccc(F)cc1/C3=C(\C(=O)OCC)C(F)(F)F)C(F)(F)F. The summed E-state index contributed by atoms with van der Waals surface area (Å²) in [5.41, 5.74) is -7.52. The first-order chi connectivity index (χ1) is 19.7. The van der Waals surface area contributed by atoms with Crippen molar-refractivity contribution < 1.29 is 54.2 Å². The molecule has 1 heterocycles. The van der Waals surface area contributed by atoms with Gasteiger partial charge in [-0.25, -0.2) is 23.4 Å². The number of benzene rings is 2. The lowest BCUT2D eigenvalue weighted by atomic mass is 9.96. The predicted octanol–water partition coefficient (Wildman–Crippen LogP) is 7.18. The molecule has 42 heavy (non-hydrogen) atoms. The lowest BCUT2D eigenvalue weighted by Crippen LogP contribution is -2.24. The number of pyridine rings is 1.